The Morgan fingerprint density at radius 2 is 1.81 bits per heavy atom. The van der Waals surface area contributed by atoms with Crippen LogP contribution >= 0.6 is 12.6 Å². The summed E-state index contributed by atoms with van der Waals surface area (Å²) in [7, 11) is 2.16. The number of carbonyl (C=O) groups excluding carboxylic acids is 1. The van der Waals surface area contributed by atoms with Gasteiger partial charge in [-0.2, -0.15) is 13.2 Å². The molecule has 31 heavy (non-hydrogen) atoms. The molecule has 2 fully saturated rings. The van der Waals surface area contributed by atoms with Crippen molar-refractivity contribution in [2.75, 3.05) is 7.05 Å². The number of aldehydes is 1. The molecule has 0 heterocycles. The van der Waals surface area contributed by atoms with E-state index in [2.05, 4.69) is 38.8 Å². The molecule has 5 unspecified atom stereocenters. The molecule has 178 valence electrons. The SMILES string of the molecule is CC(C)(N)C=O.CCC1CC2CC(C)CC(C2)C1NC.FC(F)(F)c1cccc(S)c1. The van der Waals surface area contributed by atoms with E-state index in [9.17, 15) is 18.0 Å². The average molecular weight is 461 g/mol. The number of thiol groups is 1. The molecule has 0 aliphatic heterocycles. The highest BCUT2D eigenvalue weighted by Crippen LogP contribution is 2.45. The Morgan fingerprint density at radius 3 is 2.23 bits per heavy atom. The van der Waals surface area contributed by atoms with Crippen LogP contribution in [0.15, 0.2) is 29.2 Å². The molecule has 1 aromatic carbocycles. The van der Waals surface area contributed by atoms with Crippen molar-refractivity contribution >= 4 is 18.9 Å². The van der Waals surface area contributed by atoms with E-state index in [1.165, 1.54) is 44.2 Å². The summed E-state index contributed by atoms with van der Waals surface area (Å²) in [5.74, 6) is 3.97. The third kappa shape index (κ3) is 9.96. The van der Waals surface area contributed by atoms with Gasteiger partial charge in [0.05, 0.1) is 11.1 Å². The molecule has 0 radical (unpaired) electrons. The third-order valence-electron chi connectivity index (χ3n) is 6.06. The molecular formula is C24H39F3N2OS. The molecule has 1 aromatic rings. The molecular weight excluding hydrogens is 421 g/mol. The van der Waals surface area contributed by atoms with Gasteiger partial charge in [0.2, 0.25) is 0 Å². The summed E-state index contributed by atoms with van der Waals surface area (Å²) in [4.78, 5) is 10.0. The fraction of sp³-hybridized carbons (Fsp3) is 0.708. The minimum absolute atomic E-state index is 0.319. The maximum atomic E-state index is 11.9. The van der Waals surface area contributed by atoms with Crippen molar-refractivity contribution in [2.45, 2.75) is 82.5 Å². The van der Waals surface area contributed by atoms with E-state index in [0.29, 0.717) is 11.2 Å². The first-order valence-corrected chi connectivity index (χ1v) is 11.5. The molecule has 3 N–H and O–H groups in total. The quantitative estimate of drug-likeness (QED) is 0.385. The second-order valence-electron chi connectivity index (χ2n) is 9.64. The number of nitrogens with two attached hydrogens (primary N) is 1. The van der Waals surface area contributed by atoms with Gasteiger partial charge in [-0.25, -0.2) is 0 Å². The van der Waals surface area contributed by atoms with E-state index in [1.54, 1.807) is 13.8 Å². The fourth-order valence-electron chi connectivity index (χ4n) is 4.82. The molecule has 0 saturated heterocycles. The zero-order chi connectivity index (χ0) is 23.8. The number of hydrogen-bond acceptors (Lipinski definition) is 4. The van der Waals surface area contributed by atoms with Gasteiger partial charge in [0.25, 0.3) is 0 Å². The van der Waals surface area contributed by atoms with Crippen molar-refractivity contribution < 1.29 is 18.0 Å². The Balaban J connectivity index is 0.000000253. The smallest absolute Gasteiger partial charge is 0.320 e. The number of benzene rings is 1. The summed E-state index contributed by atoms with van der Waals surface area (Å²) >= 11 is 3.79. The summed E-state index contributed by atoms with van der Waals surface area (Å²) in [6.07, 6.45) is 3.79. The molecule has 2 bridgehead atoms. The minimum Gasteiger partial charge on any atom is -0.320 e. The van der Waals surface area contributed by atoms with Crippen LogP contribution in [-0.2, 0) is 11.0 Å². The molecule has 2 aliphatic rings. The van der Waals surface area contributed by atoms with Gasteiger partial charge in [0.15, 0.2) is 0 Å². The van der Waals surface area contributed by atoms with Crippen molar-refractivity contribution in [1.82, 2.24) is 5.32 Å². The number of halogens is 3. The highest BCUT2D eigenvalue weighted by molar-refractivity contribution is 7.80. The van der Waals surface area contributed by atoms with Crippen molar-refractivity contribution in [3.8, 4) is 0 Å². The van der Waals surface area contributed by atoms with Gasteiger partial charge < -0.3 is 15.8 Å². The predicted molar refractivity (Wildman–Crippen MR) is 124 cm³/mol. The van der Waals surface area contributed by atoms with Gasteiger partial charge in [0, 0.05) is 10.9 Å². The zero-order valence-corrected chi connectivity index (χ0v) is 20.3. The topological polar surface area (TPSA) is 55.1 Å². The Kier molecular flexibility index (Phi) is 11.1. The highest BCUT2D eigenvalue weighted by atomic mass is 32.1. The Bertz CT molecular complexity index is 674. The van der Waals surface area contributed by atoms with Gasteiger partial charge in [0.1, 0.15) is 6.29 Å². The molecule has 5 atom stereocenters. The molecule has 0 aromatic heterocycles. The van der Waals surface area contributed by atoms with E-state index in [-0.39, 0.29) is 0 Å². The molecule has 3 nitrogen and oxygen atoms in total. The van der Waals surface area contributed by atoms with Crippen molar-refractivity contribution in [3.05, 3.63) is 29.8 Å². The van der Waals surface area contributed by atoms with Gasteiger partial charge in [-0.1, -0.05) is 26.3 Å². The first kappa shape index (κ1) is 28.0. The Morgan fingerprint density at radius 1 is 1.19 bits per heavy atom. The van der Waals surface area contributed by atoms with Crippen molar-refractivity contribution in [2.24, 2.45) is 29.4 Å². The number of hydrogen-bond donors (Lipinski definition) is 3. The van der Waals surface area contributed by atoms with Crippen LogP contribution in [-0.4, -0.2) is 24.9 Å². The Hall–Kier alpha value is -1.05. The van der Waals surface area contributed by atoms with Crippen LogP contribution in [0.5, 0.6) is 0 Å². The van der Waals surface area contributed by atoms with E-state index < -0.39 is 17.3 Å². The van der Waals surface area contributed by atoms with Crippen LogP contribution in [0.4, 0.5) is 13.2 Å². The van der Waals surface area contributed by atoms with E-state index in [0.717, 1.165) is 41.8 Å². The number of fused-ring (bicyclic) bond motifs is 2. The van der Waals surface area contributed by atoms with E-state index in [1.807, 2.05) is 0 Å². The fourth-order valence-corrected chi connectivity index (χ4v) is 5.05. The van der Waals surface area contributed by atoms with E-state index >= 15 is 0 Å². The zero-order valence-electron chi connectivity index (χ0n) is 19.4. The van der Waals surface area contributed by atoms with Crippen molar-refractivity contribution in [1.29, 1.82) is 0 Å². The average Bonchev–Trinajstić information content (AvgIpc) is 2.67. The van der Waals surface area contributed by atoms with Crippen LogP contribution in [0.1, 0.15) is 65.4 Å². The molecule has 2 aliphatic carbocycles. The standard InChI is InChI=1S/C13H25N.C7H5F3S.C4H9NO/c1-4-11-7-10-5-9(2)6-12(8-10)13(11)14-3;8-7(9,10)5-2-1-3-6(11)4-5;1-4(2,5)3-6/h9-14H,4-8H2,1-3H3;1-4,11H;3H,5H2,1-2H3. The molecule has 0 amide bonds. The summed E-state index contributed by atoms with van der Waals surface area (Å²) in [5.41, 5.74) is 3.87. The van der Waals surface area contributed by atoms with Gasteiger partial charge in [-0.3, -0.25) is 0 Å². The third-order valence-corrected chi connectivity index (χ3v) is 6.34. The first-order valence-electron chi connectivity index (χ1n) is 11.1. The number of rotatable bonds is 3. The number of nitrogens with one attached hydrogen (secondary N) is 1. The van der Waals surface area contributed by atoms with Gasteiger partial charge in [-0.15, -0.1) is 12.6 Å². The monoisotopic (exact) mass is 460 g/mol. The first-order chi connectivity index (χ1) is 14.3. The van der Waals surface area contributed by atoms with Crippen LogP contribution in [0.2, 0.25) is 0 Å². The lowest BCUT2D eigenvalue weighted by molar-refractivity contribution is -0.137. The molecule has 3 rings (SSSR count). The van der Waals surface area contributed by atoms with Gasteiger partial charge >= 0.3 is 6.18 Å². The maximum absolute atomic E-state index is 11.9. The second kappa shape index (κ2) is 12.3. The molecule has 2 saturated carbocycles. The lowest BCUT2D eigenvalue weighted by Crippen LogP contribution is -2.48. The number of alkyl halides is 3. The van der Waals surface area contributed by atoms with E-state index in [4.69, 9.17) is 5.73 Å². The lowest BCUT2D eigenvalue weighted by atomic mass is 9.62. The largest absolute Gasteiger partial charge is 0.416 e. The summed E-state index contributed by atoms with van der Waals surface area (Å²) in [5, 5.41) is 3.58. The summed E-state index contributed by atoms with van der Waals surface area (Å²) < 4.78 is 35.8. The van der Waals surface area contributed by atoms with Crippen LogP contribution < -0.4 is 11.1 Å². The minimum atomic E-state index is -4.27. The summed E-state index contributed by atoms with van der Waals surface area (Å²) in [6.45, 7) is 8.11. The molecule has 0 spiro atoms. The predicted octanol–water partition coefficient (Wildman–Crippen LogP) is 5.97. The van der Waals surface area contributed by atoms with Crippen molar-refractivity contribution in [3.63, 3.8) is 0 Å². The highest BCUT2D eigenvalue weighted by Gasteiger charge is 2.40. The maximum Gasteiger partial charge on any atom is 0.416 e. The van der Waals surface area contributed by atoms with Crippen LogP contribution in [0.25, 0.3) is 0 Å². The number of carbonyl (C=O) groups is 1. The van der Waals surface area contributed by atoms with Crippen LogP contribution in [0, 0.1) is 23.7 Å². The normalized spacial score (nSPS) is 27.9. The lowest BCUT2D eigenvalue weighted by Gasteiger charge is -2.47. The van der Waals surface area contributed by atoms with Gasteiger partial charge in [-0.05, 0) is 88.4 Å². The molecule has 7 heteroatoms. The second-order valence-corrected chi connectivity index (χ2v) is 10.2. The summed E-state index contributed by atoms with van der Waals surface area (Å²) in [6, 6.07) is 5.64. The Labute approximate surface area is 191 Å². The van der Waals surface area contributed by atoms with Crippen LogP contribution in [0.3, 0.4) is 0 Å².